The van der Waals surface area contributed by atoms with Gasteiger partial charge in [-0.25, -0.2) is 4.79 Å². The molecule has 1 N–H and O–H groups in total. The average Bonchev–Trinajstić information content (AvgIpc) is 2.96. The molecular formula is C16H21N5O4. The Hall–Kier alpha value is -3.10. The van der Waals surface area contributed by atoms with Crippen LogP contribution in [0.15, 0.2) is 35.5 Å². The number of nitrogens with one attached hydrogen (secondary N) is 1. The molecule has 0 aromatic carbocycles. The van der Waals surface area contributed by atoms with Gasteiger partial charge in [0.05, 0.1) is 19.3 Å². The lowest BCUT2D eigenvalue weighted by molar-refractivity contribution is -0.143. The van der Waals surface area contributed by atoms with E-state index in [1.54, 1.807) is 44.2 Å². The zero-order valence-electron chi connectivity index (χ0n) is 14.4. The molecule has 134 valence electrons. The van der Waals surface area contributed by atoms with E-state index in [4.69, 9.17) is 4.74 Å². The molecule has 2 aromatic heterocycles. The molecule has 0 saturated carbocycles. The summed E-state index contributed by atoms with van der Waals surface area (Å²) in [6.45, 7) is 2.07. The summed E-state index contributed by atoms with van der Waals surface area (Å²) < 4.78 is 7.66. The van der Waals surface area contributed by atoms with Gasteiger partial charge >= 0.3 is 12.0 Å². The van der Waals surface area contributed by atoms with Crippen molar-refractivity contribution in [3.8, 4) is 0 Å². The Morgan fingerprint density at radius 1 is 1.40 bits per heavy atom. The molecule has 2 rings (SSSR count). The first-order valence-corrected chi connectivity index (χ1v) is 7.75. The van der Waals surface area contributed by atoms with Crippen molar-refractivity contribution in [1.82, 2.24) is 19.2 Å². The second kappa shape index (κ2) is 8.13. The Morgan fingerprint density at radius 2 is 2.16 bits per heavy atom. The smallest absolute Gasteiger partial charge is 0.326 e. The first-order chi connectivity index (χ1) is 11.9. The maximum absolute atomic E-state index is 12.3. The Kier molecular flexibility index (Phi) is 5.93. The van der Waals surface area contributed by atoms with Crippen LogP contribution < -0.4 is 10.9 Å². The van der Waals surface area contributed by atoms with Crippen molar-refractivity contribution in [1.29, 1.82) is 0 Å². The number of urea groups is 1. The summed E-state index contributed by atoms with van der Waals surface area (Å²) >= 11 is 0. The van der Waals surface area contributed by atoms with Crippen LogP contribution in [0.3, 0.4) is 0 Å². The van der Waals surface area contributed by atoms with Gasteiger partial charge in [0.15, 0.2) is 0 Å². The van der Waals surface area contributed by atoms with Gasteiger partial charge < -0.3 is 19.5 Å². The summed E-state index contributed by atoms with van der Waals surface area (Å²) in [5.41, 5.74) is 0.487. The van der Waals surface area contributed by atoms with Crippen LogP contribution in [0.2, 0.25) is 0 Å². The number of carbonyl (C=O) groups excluding carboxylic acids is 2. The quantitative estimate of drug-likeness (QED) is 0.780. The first-order valence-electron chi connectivity index (χ1n) is 7.75. The molecule has 0 spiro atoms. The fourth-order valence-corrected chi connectivity index (χ4v) is 2.21. The molecule has 0 aliphatic rings. The van der Waals surface area contributed by atoms with E-state index < -0.39 is 17.6 Å². The number of carbonyl (C=O) groups is 2. The number of esters is 1. The zero-order valence-corrected chi connectivity index (χ0v) is 14.4. The molecule has 9 heteroatoms. The molecule has 0 bridgehead atoms. The normalized spacial score (nSPS) is 10.4. The summed E-state index contributed by atoms with van der Waals surface area (Å²) in [5.74, 6) is -0.512. The molecule has 2 heterocycles. The van der Waals surface area contributed by atoms with Crippen molar-refractivity contribution in [2.75, 3.05) is 19.0 Å². The topological polar surface area (TPSA) is 98.5 Å². The third kappa shape index (κ3) is 4.93. The van der Waals surface area contributed by atoms with E-state index in [2.05, 4.69) is 10.4 Å². The van der Waals surface area contributed by atoms with Crippen LogP contribution >= 0.6 is 0 Å². The Balaban J connectivity index is 2.05. The minimum absolute atomic E-state index is 0.0924. The SMILES string of the molecule is CCOC(=O)Cn1cccc(NC(=O)N(C)Cc2cnn(C)c2)c1=O. The molecule has 25 heavy (non-hydrogen) atoms. The molecule has 0 radical (unpaired) electrons. The molecule has 0 atom stereocenters. The van der Waals surface area contributed by atoms with Crippen molar-refractivity contribution in [2.24, 2.45) is 7.05 Å². The van der Waals surface area contributed by atoms with Gasteiger partial charge in [-0.3, -0.25) is 14.3 Å². The molecule has 0 aliphatic heterocycles. The third-order valence-electron chi connectivity index (χ3n) is 3.39. The van der Waals surface area contributed by atoms with Crippen LogP contribution in [0.4, 0.5) is 10.5 Å². The van der Waals surface area contributed by atoms with Crippen LogP contribution in [0.25, 0.3) is 0 Å². The van der Waals surface area contributed by atoms with Crippen molar-refractivity contribution >= 4 is 17.7 Å². The van der Waals surface area contributed by atoms with Gasteiger partial charge in [0.2, 0.25) is 0 Å². The highest BCUT2D eigenvalue weighted by Gasteiger charge is 2.14. The van der Waals surface area contributed by atoms with Gasteiger partial charge in [0.1, 0.15) is 12.2 Å². The van der Waals surface area contributed by atoms with Crippen LogP contribution in [-0.4, -0.2) is 44.9 Å². The molecule has 0 fully saturated rings. The van der Waals surface area contributed by atoms with Crippen LogP contribution in [0, 0.1) is 0 Å². The highest BCUT2D eigenvalue weighted by atomic mass is 16.5. The molecule has 2 amide bonds. The Morgan fingerprint density at radius 3 is 2.80 bits per heavy atom. The van der Waals surface area contributed by atoms with Gasteiger partial charge in [0, 0.05) is 32.1 Å². The minimum Gasteiger partial charge on any atom is -0.465 e. The van der Waals surface area contributed by atoms with E-state index >= 15 is 0 Å². The van der Waals surface area contributed by atoms with Crippen molar-refractivity contribution < 1.29 is 14.3 Å². The van der Waals surface area contributed by atoms with Gasteiger partial charge in [-0.15, -0.1) is 0 Å². The number of ether oxygens (including phenoxy) is 1. The summed E-state index contributed by atoms with van der Waals surface area (Å²) in [6, 6.07) is 2.63. The number of aryl methyl sites for hydroxylation is 1. The third-order valence-corrected chi connectivity index (χ3v) is 3.39. The summed E-state index contributed by atoms with van der Waals surface area (Å²) in [4.78, 5) is 37.6. The molecule has 0 aliphatic carbocycles. The second-order valence-corrected chi connectivity index (χ2v) is 5.47. The highest BCUT2D eigenvalue weighted by Crippen LogP contribution is 2.05. The van der Waals surface area contributed by atoms with E-state index in [0.29, 0.717) is 6.54 Å². The minimum atomic E-state index is -0.512. The van der Waals surface area contributed by atoms with Crippen LogP contribution in [-0.2, 0) is 29.7 Å². The molecule has 0 saturated heterocycles. The number of hydrogen-bond donors (Lipinski definition) is 1. The Bertz CT molecular complexity index is 811. The number of amides is 2. The largest absolute Gasteiger partial charge is 0.465 e. The first kappa shape index (κ1) is 18.2. The fraction of sp³-hybridized carbons (Fsp3) is 0.375. The highest BCUT2D eigenvalue weighted by molar-refractivity contribution is 5.88. The predicted octanol–water partition coefficient (Wildman–Crippen LogP) is 0.809. The van der Waals surface area contributed by atoms with Gasteiger partial charge in [-0.1, -0.05) is 0 Å². The number of rotatable bonds is 6. The second-order valence-electron chi connectivity index (χ2n) is 5.47. The average molecular weight is 347 g/mol. The lowest BCUT2D eigenvalue weighted by atomic mass is 10.3. The monoisotopic (exact) mass is 347 g/mol. The number of pyridine rings is 1. The van der Waals surface area contributed by atoms with Crippen molar-refractivity contribution in [3.05, 3.63) is 46.6 Å². The molecular weight excluding hydrogens is 326 g/mol. The van der Waals surface area contributed by atoms with E-state index in [0.717, 1.165) is 5.56 Å². The van der Waals surface area contributed by atoms with Gasteiger partial charge in [-0.05, 0) is 19.1 Å². The summed E-state index contributed by atoms with van der Waals surface area (Å²) in [5, 5.41) is 6.60. The van der Waals surface area contributed by atoms with Gasteiger partial charge in [0.25, 0.3) is 5.56 Å². The van der Waals surface area contributed by atoms with Crippen molar-refractivity contribution in [3.63, 3.8) is 0 Å². The zero-order chi connectivity index (χ0) is 18.4. The summed E-state index contributed by atoms with van der Waals surface area (Å²) in [6.07, 6.45) is 4.94. The van der Waals surface area contributed by atoms with Crippen molar-refractivity contribution in [2.45, 2.75) is 20.0 Å². The molecule has 0 unspecified atom stereocenters. The van der Waals surface area contributed by atoms with E-state index in [1.807, 2.05) is 0 Å². The van der Waals surface area contributed by atoms with Crippen LogP contribution in [0.1, 0.15) is 12.5 Å². The lowest BCUT2D eigenvalue weighted by Crippen LogP contribution is -2.34. The Labute approximate surface area is 144 Å². The molecule has 9 nitrogen and oxygen atoms in total. The maximum Gasteiger partial charge on any atom is 0.326 e. The predicted molar refractivity (Wildman–Crippen MR) is 91.0 cm³/mol. The van der Waals surface area contributed by atoms with E-state index in [-0.39, 0.29) is 18.8 Å². The maximum atomic E-state index is 12.3. The number of aromatic nitrogens is 3. The summed E-state index contributed by atoms with van der Waals surface area (Å²) in [7, 11) is 3.40. The fourth-order valence-electron chi connectivity index (χ4n) is 2.21. The van der Waals surface area contributed by atoms with E-state index in [1.165, 1.54) is 21.7 Å². The number of hydrogen-bond acceptors (Lipinski definition) is 5. The number of nitrogens with zero attached hydrogens (tertiary/aromatic N) is 4. The van der Waals surface area contributed by atoms with E-state index in [9.17, 15) is 14.4 Å². The number of anilines is 1. The van der Waals surface area contributed by atoms with Crippen LogP contribution in [0.5, 0.6) is 0 Å². The van der Waals surface area contributed by atoms with Gasteiger partial charge in [-0.2, -0.15) is 5.10 Å². The standard InChI is InChI=1S/C16H21N5O4/c1-4-25-14(22)11-21-7-5-6-13(15(21)23)18-16(24)19(2)9-12-8-17-20(3)10-12/h5-8,10H,4,9,11H2,1-3H3,(H,18,24). The molecule has 2 aromatic rings. The lowest BCUT2D eigenvalue weighted by Gasteiger charge is -2.17.